The third-order valence-electron chi connectivity index (χ3n) is 13.1. The number of likely N-dealkylation sites (tertiary alicyclic amines) is 2. The molecule has 4 amide bonds. The number of carbonyl (C=O) groups is 4. The van der Waals surface area contributed by atoms with Gasteiger partial charge in [-0.3, -0.25) is 14.6 Å². The van der Waals surface area contributed by atoms with Gasteiger partial charge in [0.25, 0.3) is 0 Å². The number of hydrogen-bond donors (Lipinski definition) is 3. The van der Waals surface area contributed by atoms with E-state index in [1.807, 2.05) is 50.9 Å². The third kappa shape index (κ3) is 8.40. The number of nitrogens with one attached hydrogen (secondary N) is 3. The Kier molecular flexibility index (Phi) is 11.6. The summed E-state index contributed by atoms with van der Waals surface area (Å²) in [4.78, 5) is 72.2. The Labute approximate surface area is 362 Å². The molecular formula is C48H54N8O6. The quantitative estimate of drug-likeness (QED) is 0.130. The van der Waals surface area contributed by atoms with Gasteiger partial charge in [0.15, 0.2) is 0 Å². The standard InChI is InChI=1S/C48H54N8O6/c1-27(2)41(53-46(59)61-6)44(57)55-25-36(49-5)21-39(55)43-51-24-38(52-43)30-10-8-29(9-11-30)31-12-13-33-19-34(15-14-32(33)18-31)35-20-37(50-23-35)40-22-48(16-17-48)26-56(40)45(58)42(28(3)4)54-47(60)62-7/h8-15,18-19,23-24,27-28,36,39-42H,16-17,20-22,25-26H2,1-4,6-7H3,(H,51,52)(H,53,59)(H,54,60)/t36-,39-,40-,41-,42-/m0/s1. The fraction of sp³-hybridized carbons (Fsp3) is 0.438. The molecule has 0 radical (unpaired) electrons. The number of aromatic nitrogens is 2. The molecule has 4 heterocycles. The monoisotopic (exact) mass is 838 g/mol. The maximum Gasteiger partial charge on any atom is 0.407 e. The van der Waals surface area contributed by atoms with E-state index in [1.165, 1.54) is 14.2 Å². The normalized spacial score (nSPS) is 21.1. The highest BCUT2D eigenvalue weighted by molar-refractivity contribution is 6.05. The number of imidazole rings is 1. The van der Waals surface area contributed by atoms with Gasteiger partial charge >= 0.3 is 12.2 Å². The zero-order valence-electron chi connectivity index (χ0n) is 36.1. The van der Waals surface area contributed by atoms with Gasteiger partial charge in [0.1, 0.15) is 17.9 Å². The van der Waals surface area contributed by atoms with Gasteiger partial charge in [0.05, 0.1) is 51.2 Å². The molecule has 3 N–H and O–H groups in total. The molecule has 3 fully saturated rings. The Morgan fingerprint density at radius 2 is 1.39 bits per heavy atom. The van der Waals surface area contributed by atoms with Gasteiger partial charge in [-0.1, -0.05) is 76.2 Å². The molecule has 5 atom stereocenters. The summed E-state index contributed by atoms with van der Waals surface area (Å²) in [6.07, 6.45) is 6.64. The molecule has 322 valence electrons. The number of alkyl carbamates (subject to hydrolysis) is 2. The van der Waals surface area contributed by atoms with Crippen LogP contribution in [0.4, 0.5) is 9.59 Å². The van der Waals surface area contributed by atoms with Crippen LogP contribution >= 0.6 is 0 Å². The molecule has 3 aromatic carbocycles. The topological polar surface area (TPSA) is 163 Å². The lowest BCUT2D eigenvalue weighted by Gasteiger charge is -2.31. The molecule has 8 rings (SSSR count). The first kappa shape index (κ1) is 42.2. The Balaban J connectivity index is 0.935. The molecule has 1 spiro atoms. The number of amides is 4. The van der Waals surface area contributed by atoms with Crippen LogP contribution in [0.2, 0.25) is 0 Å². The van der Waals surface area contributed by atoms with E-state index in [0.29, 0.717) is 25.2 Å². The summed E-state index contributed by atoms with van der Waals surface area (Å²) in [6.45, 7) is 16.2. The molecule has 62 heavy (non-hydrogen) atoms. The molecule has 3 aliphatic heterocycles. The summed E-state index contributed by atoms with van der Waals surface area (Å²) >= 11 is 0. The second kappa shape index (κ2) is 17.1. The number of aliphatic imine (C=N–C) groups is 1. The Morgan fingerprint density at radius 3 is 1.98 bits per heavy atom. The highest BCUT2D eigenvalue weighted by atomic mass is 16.5. The first-order valence-corrected chi connectivity index (χ1v) is 21.4. The smallest absolute Gasteiger partial charge is 0.407 e. The highest BCUT2D eigenvalue weighted by Gasteiger charge is 2.55. The third-order valence-corrected chi connectivity index (χ3v) is 13.1. The SMILES string of the molecule is [C-]#[N+][C@H]1C[C@@H](c2ncc(-c3ccc(-c4ccc5cc(C6=CN=C([C@@H]7CC8(CC8)CN7C(=O)[C@@H](NC(=O)OC)C(C)C)C6)ccc5c4)cc3)[nH]2)N(C(=O)[C@@H](NC(=O)OC)C(C)C)C1. The number of ether oxygens (including phenoxy) is 2. The number of H-pyrrole nitrogens is 1. The molecule has 1 aliphatic carbocycles. The van der Waals surface area contributed by atoms with Crippen LogP contribution in [0.25, 0.3) is 43.6 Å². The maximum atomic E-state index is 13.9. The fourth-order valence-electron chi connectivity index (χ4n) is 9.24. The van der Waals surface area contributed by atoms with Crippen molar-refractivity contribution in [3.63, 3.8) is 0 Å². The van der Waals surface area contributed by atoms with Crippen LogP contribution in [0.15, 0.2) is 78.1 Å². The van der Waals surface area contributed by atoms with Crippen LogP contribution < -0.4 is 10.6 Å². The van der Waals surface area contributed by atoms with Crippen LogP contribution in [-0.4, -0.2) is 101 Å². The van der Waals surface area contributed by atoms with Crippen LogP contribution in [0.5, 0.6) is 0 Å². The van der Waals surface area contributed by atoms with E-state index < -0.39 is 30.3 Å². The van der Waals surface area contributed by atoms with Crippen molar-refractivity contribution in [2.24, 2.45) is 22.2 Å². The molecule has 0 bridgehead atoms. The van der Waals surface area contributed by atoms with E-state index >= 15 is 0 Å². The molecule has 14 nitrogen and oxygen atoms in total. The zero-order valence-corrected chi connectivity index (χ0v) is 36.1. The van der Waals surface area contributed by atoms with Gasteiger partial charge in [-0.15, -0.1) is 0 Å². The van der Waals surface area contributed by atoms with Crippen molar-refractivity contribution < 1.29 is 28.7 Å². The summed E-state index contributed by atoms with van der Waals surface area (Å²) in [5.41, 5.74) is 7.25. The Morgan fingerprint density at radius 1 is 0.806 bits per heavy atom. The number of methoxy groups -OCH3 is 2. The lowest BCUT2D eigenvalue weighted by atomic mass is 9.93. The van der Waals surface area contributed by atoms with Gasteiger partial charge in [-0.2, -0.15) is 0 Å². The number of allylic oxidation sites excluding steroid dienone is 1. The first-order chi connectivity index (χ1) is 29.8. The molecule has 4 aliphatic rings. The van der Waals surface area contributed by atoms with Crippen molar-refractivity contribution in [2.75, 3.05) is 27.3 Å². The Bertz CT molecular complexity index is 2500. The van der Waals surface area contributed by atoms with Crippen molar-refractivity contribution in [2.45, 2.75) is 90.0 Å². The molecular weight excluding hydrogens is 785 g/mol. The number of nitrogens with zero attached hydrogens (tertiary/aromatic N) is 5. The lowest BCUT2D eigenvalue weighted by molar-refractivity contribution is -0.135. The van der Waals surface area contributed by atoms with E-state index in [2.05, 4.69) is 74.0 Å². The second-order valence-corrected chi connectivity index (χ2v) is 17.9. The van der Waals surface area contributed by atoms with Crippen molar-refractivity contribution in [1.29, 1.82) is 0 Å². The minimum atomic E-state index is -0.799. The van der Waals surface area contributed by atoms with Gasteiger partial charge < -0.3 is 39.7 Å². The van der Waals surface area contributed by atoms with E-state index in [1.54, 1.807) is 11.1 Å². The summed E-state index contributed by atoms with van der Waals surface area (Å²) in [5, 5.41) is 7.66. The highest BCUT2D eigenvalue weighted by Crippen LogP contribution is 2.55. The minimum absolute atomic E-state index is 0.0767. The predicted octanol–water partition coefficient (Wildman–Crippen LogP) is 7.79. The van der Waals surface area contributed by atoms with Gasteiger partial charge in [-0.05, 0) is 87.2 Å². The first-order valence-electron chi connectivity index (χ1n) is 21.4. The lowest BCUT2D eigenvalue weighted by Crippen LogP contribution is -2.53. The zero-order chi connectivity index (χ0) is 43.9. The van der Waals surface area contributed by atoms with E-state index in [-0.39, 0.29) is 47.7 Å². The Hall–Kier alpha value is -6.49. The molecule has 4 aromatic rings. The summed E-state index contributed by atoms with van der Waals surface area (Å²) in [7, 11) is 2.57. The maximum absolute atomic E-state index is 13.9. The van der Waals surface area contributed by atoms with Crippen LogP contribution in [-0.2, 0) is 19.1 Å². The number of rotatable bonds is 11. The number of hydrogen-bond acceptors (Lipinski definition) is 8. The van der Waals surface area contributed by atoms with E-state index in [0.717, 1.165) is 69.3 Å². The molecule has 0 unspecified atom stereocenters. The molecule has 1 saturated carbocycles. The van der Waals surface area contributed by atoms with Crippen molar-refractivity contribution in [1.82, 2.24) is 30.4 Å². The largest absolute Gasteiger partial charge is 0.453 e. The van der Waals surface area contributed by atoms with Crippen LogP contribution in [0, 0.1) is 23.8 Å². The van der Waals surface area contributed by atoms with Crippen LogP contribution in [0.3, 0.4) is 0 Å². The average Bonchev–Trinajstić information content (AvgIpc) is 3.78. The molecule has 14 heteroatoms. The molecule has 1 aromatic heterocycles. The average molecular weight is 839 g/mol. The predicted molar refractivity (Wildman–Crippen MR) is 237 cm³/mol. The van der Waals surface area contributed by atoms with Crippen LogP contribution in [0.1, 0.15) is 77.2 Å². The van der Waals surface area contributed by atoms with Crippen molar-refractivity contribution >= 4 is 46.1 Å². The van der Waals surface area contributed by atoms with Crippen molar-refractivity contribution in [3.8, 4) is 22.4 Å². The van der Waals surface area contributed by atoms with Gasteiger partial charge in [-0.25, -0.2) is 21.1 Å². The summed E-state index contributed by atoms with van der Waals surface area (Å²) < 4.78 is 9.59. The summed E-state index contributed by atoms with van der Waals surface area (Å²) in [6, 6.07) is 18.8. The van der Waals surface area contributed by atoms with Crippen molar-refractivity contribution in [3.05, 3.63) is 95.9 Å². The van der Waals surface area contributed by atoms with E-state index in [4.69, 9.17) is 21.0 Å². The summed E-state index contributed by atoms with van der Waals surface area (Å²) in [5.74, 6) is -0.0280. The minimum Gasteiger partial charge on any atom is -0.453 e. The number of benzene rings is 3. The number of aromatic amines is 1. The number of carbonyl (C=O) groups excluding carboxylic acids is 4. The van der Waals surface area contributed by atoms with Gasteiger partial charge in [0.2, 0.25) is 17.9 Å². The van der Waals surface area contributed by atoms with Gasteiger partial charge in [0, 0.05) is 24.9 Å². The van der Waals surface area contributed by atoms with E-state index in [9.17, 15) is 19.2 Å². The second-order valence-electron chi connectivity index (χ2n) is 17.9. The number of fused-ring (bicyclic) bond motifs is 1. The molecule has 2 saturated heterocycles. The fourth-order valence-corrected chi connectivity index (χ4v) is 9.24.